The fraction of sp³-hybridized carbons (Fsp3) is 0.857. The molecular formula is C35H52O11. The van der Waals surface area contributed by atoms with Crippen LogP contribution in [-0.2, 0) is 23.7 Å². The van der Waals surface area contributed by atoms with Crippen molar-refractivity contribution in [3.05, 3.63) is 22.8 Å². The van der Waals surface area contributed by atoms with Crippen molar-refractivity contribution in [1.29, 1.82) is 0 Å². The first-order valence-electron chi connectivity index (χ1n) is 17.3. The molecule has 0 radical (unpaired) electrons. The van der Waals surface area contributed by atoms with Crippen molar-refractivity contribution in [2.75, 3.05) is 6.61 Å². The lowest BCUT2D eigenvalue weighted by molar-refractivity contribution is -0.315. The summed E-state index contributed by atoms with van der Waals surface area (Å²) in [7, 11) is 0. The first-order chi connectivity index (χ1) is 21.6. The number of hydrogen-bond donors (Lipinski definition) is 6. The molecule has 0 spiro atoms. The number of allylic oxidation sites excluding steroid dienone is 4. The number of rotatable bonds is 5. The Hall–Kier alpha value is -1.41. The molecule has 0 aromatic heterocycles. The molecule has 7 rings (SSSR count). The third kappa shape index (κ3) is 4.46. The molecule has 7 aliphatic rings. The van der Waals surface area contributed by atoms with E-state index in [4.69, 9.17) is 18.9 Å². The van der Waals surface area contributed by atoms with E-state index in [1.165, 1.54) is 23.6 Å². The molecule has 3 aliphatic heterocycles. The van der Waals surface area contributed by atoms with Crippen LogP contribution in [0.4, 0.5) is 0 Å². The maximum Gasteiger partial charge on any atom is 0.312 e. The van der Waals surface area contributed by atoms with Gasteiger partial charge in [-0.3, -0.25) is 4.79 Å². The molecule has 6 N–H and O–H groups in total. The van der Waals surface area contributed by atoms with Crippen molar-refractivity contribution >= 4 is 5.97 Å². The Kier molecular flexibility index (Phi) is 7.95. The van der Waals surface area contributed by atoms with Crippen LogP contribution in [0.1, 0.15) is 86.0 Å². The topological polar surface area (TPSA) is 175 Å². The van der Waals surface area contributed by atoms with Crippen LogP contribution in [0, 0.1) is 34.5 Å². The molecule has 1 saturated carbocycles. The van der Waals surface area contributed by atoms with E-state index in [2.05, 4.69) is 19.9 Å². The molecule has 3 heterocycles. The summed E-state index contributed by atoms with van der Waals surface area (Å²) in [6, 6.07) is 0. The second-order valence-electron chi connectivity index (χ2n) is 16.1. The largest absolute Gasteiger partial charge is 0.456 e. The summed E-state index contributed by atoms with van der Waals surface area (Å²) in [4.78, 5) is 13.5. The Bertz CT molecular complexity index is 1310. The zero-order chi connectivity index (χ0) is 33.1. The number of carbonyl (C=O) groups is 1. The van der Waals surface area contributed by atoms with Crippen LogP contribution >= 0.6 is 0 Å². The first-order valence-corrected chi connectivity index (χ1v) is 17.3. The van der Waals surface area contributed by atoms with Gasteiger partial charge in [-0.1, -0.05) is 39.3 Å². The van der Waals surface area contributed by atoms with Crippen molar-refractivity contribution in [3.63, 3.8) is 0 Å². The van der Waals surface area contributed by atoms with Crippen LogP contribution in [0.3, 0.4) is 0 Å². The van der Waals surface area contributed by atoms with Gasteiger partial charge in [0.2, 0.25) is 0 Å². The number of esters is 1. The minimum atomic E-state index is -1.83. The van der Waals surface area contributed by atoms with Gasteiger partial charge in [0.25, 0.3) is 0 Å². The summed E-state index contributed by atoms with van der Waals surface area (Å²) in [5.41, 5.74) is 2.29. The number of fused-ring (bicyclic) bond motifs is 5. The van der Waals surface area contributed by atoms with Crippen LogP contribution in [0.2, 0.25) is 0 Å². The van der Waals surface area contributed by atoms with E-state index in [0.717, 1.165) is 44.9 Å². The monoisotopic (exact) mass is 648 g/mol. The third-order valence-electron chi connectivity index (χ3n) is 13.7. The predicted octanol–water partition coefficient (Wildman–Crippen LogP) is 1.85. The van der Waals surface area contributed by atoms with E-state index in [1.54, 1.807) is 13.8 Å². The highest BCUT2D eigenvalue weighted by atomic mass is 16.7. The molecule has 15 atom stereocenters. The fourth-order valence-electron chi connectivity index (χ4n) is 10.8. The predicted molar refractivity (Wildman–Crippen MR) is 163 cm³/mol. The van der Waals surface area contributed by atoms with Crippen LogP contribution in [0.5, 0.6) is 0 Å². The molecule has 15 unspecified atom stereocenters. The van der Waals surface area contributed by atoms with Gasteiger partial charge in [0, 0.05) is 0 Å². The van der Waals surface area contributed by atoms with Crippen LogP contribution in [-0.4, -0.2) is 104 Å². The Balaban J connectivity index is 1.08. The number of aliphatic hydroxyl groups is 6. The number of hydrogen-bond acceptors (Lipinski definition) is 11. The van der Waals surface area contributed by atoms with Crippen molar-refractivity contribution in [2.45, 2.75) is 146 Å². The zero-order valence-electron chi connectivity index (χ0n) is 27.6. The van der Waals surface area contributed by atoms with Crippen molar-refractivity contribution < 1.29 is 54.4 Å². The maximum absolute atomic E-state index is 13.5. The Morgan fingerprint density at radius 2 is 1.74 bits per heavy atom. The fourth-order valence-corrected chi connectivity index (χ4v) is 10.8. The second kappa shape index (κ2) is 11.1. The molecule has 4 fully saturated rings. The molecule has 0 amide bonds. The highest BCUT2D eigenvalue weighted by Crippen LogP contribution is 2.66. The maximum atomic E-state index is 13.5. The minimum Gasteiger partial charge on any atom is -0.456 e. The molecule has 0 aromatic carbocycles. The molecular weight excluding hydrogens is 596 g/mol. The van der Waals surface area contributed by atoms with Gasteiger partial charge in [0.1, 0.15) is 30.5 Å². The smallest absolute Gasteiger partial charge is 0.312 e. The molecule has 11 heteroatoms. The minimum absolute atomic E-state index is 0.0124. The molecule has 11 nitrogen and oxygen atoms in total. The molecule has 0 aromatic rings. The van der Waals surface area contributed by atoms with E-state index in [0.29, 0.717) is 12.3 Å². The summed E-state index contributed by atoms with van der Waals surface area (Å²) < 4.78 is 23.8. The lowest BCUT2D eigenvalue weighted by Crippen LogP contribution is -2.60. The Labute approximate surface area is 270 Å². The van der Waals surface area contributed by atoms with E-state index >= 15 is 0 Å². The van der Waals surface area contributed by atoms with Gasteiger partial charge in [-0.25, -0.2) is 0 Å². The first kappa shape index (κ1) is 33.1. The van der Waals surface area contributed by atoms with E-state index in [9.17, 15) is 35.4 Å². The molecule has 258 valence electrons. The highest BCUT2D eigenvalue weighted by molar-refractivity contribution is 5.77. The van der Waals surface area contributed by atoms with Gasteiger partial charge in [0.15, 0.2) is 23.8 Å². The second-order valence-corrected chi connectivity index (χ2v) is 16.1. The van der Waals surface area contributed by atoms with Crippen molar-refractivity contribution in [3.8, 4) is 0 Å². The third-order valence-corrected chi connectivity index (χ3v) is 13.7. The summed E-state index contributed by atoms with van der Waals surface area (Å²) in [5.74, 6) is -2.83. The SMILES string of the molecule is CC(C)C1(O)C2OC(=O)C(C3CC=C4C5=C(CCC43C)C3(C)CCC(OC4OC(CO)C(O)C(O)C4O)CC3CC5)C2OC1(C)O. The average molecular weight is 649 g/mol. The normalized spacial score (nSPS) is 53.4. The summed E-state index contributed by atoms with van der Waals surface area (Å²) in [6.07, 6.45) is 0.995. The number of ether oxygens (including phenoxy) is 4. The van der Waals surface area contributed by atoms with Crippen molar-refractivity contribution in [1.82, 2.24) is 0 Å². The lowest BCUT2D eigenvalue weighted by Gasteiger charge is -2.54. The van der Waals surface area contributed by atoms with Gasteiger partial charge in [-0.15, -0.1) is 0 Å². The summed E-state index contributed by atoms with van der Waals surface area (Å²) in [5, 5.41) is 63.2. The van der Waals surface area contributed by atoms with E-state index in [-0.39, 0.29) is 34.7 Å². The summed E-state index contributed by atoms with van der Waals surface area (Å²) in [6.45, 7) is 9.23. The number of carbonyl (C=O) groups excluding carboxylic acids is 1. The Morgan fingerprint density at radius 1 is 1.00 bits per heavy atom. The molecule has 3 saturated heterocycles. The van der Waals surface area contributed by atoms with Crippen LogP contribution in [0.25, 0.3) is 0 Å². The molecule has 4 aliphatic carbocycles. The van der Waals surface area contributed by atoms with E-state index in [1.807, 2.05) is 0 Å². The average Bonchev–Trinajstić information content (AvgIpc) is 3.58. The standard InChI is InChI=1S/C35H52O11/c1-16(2)35(42)29-28(46-34(35,5)41)24(30(40)45-29)22-9-8-20-19-7-6-17-14-18(10-12-32(17,3)21(19)11-13-33(20,22)4)43-31-27(39)26(38)25(37)23(15-36)44-31/h8,16-18,22-29,31,36-39,41-42H,6-7,9-15H2,1-5H3. The highest BCUT2D eigenvalue weighted by Gasteiger charge is 2.73. The van der Waals surface area contributed by atoms with Gasteiger partial charge >= 0.3 is 5.97 Å². The number of aliphatic hydroxyl groups excluding tert-OH is 4. The molecule has 0 bridgehead atoms. The van der Waals surface area contributed by atoms with Crippen LogP contribution < -0.4 is 0 Å². The van der Waals surface area contributed by atoms with Gasteiger partial charge in [-0.2, -0.15) is 0 Å². The quantitative estimate of drug-likeness (QED) is 0.240. The lowest BCUT2D eigenvalue weighted by atomic mass is 9.51. The van der Waals surface area contributed by atoms with Gasteiger partial charge in [-0.05, 0) is 98.0 Å². The molecule has 46 heavy (non-hydrogen) atoms. The van der Waals surface area contributed by atoms with Gasteiger partial charge in [0.05, 0.1) is 18.6 Å². The van der Waals surface area contributed by atoms with E-state index < -0.39 is 66.8 Å². The van der Waals surface area contributed by atoms with Crippen LogP contribution in [0.15, 0.2) is 22.8 Å². The zero-order valence-corrected chi connectivity index (χ0v) is 27.6. The van der Waals surface area contributed by atoms with Gasteiger partial charge < -0.3 is 49.6 Å². The van der Waals surface area contributed by atoms with Crippen molar-refractivity contribution in [2.24, 2.45) is 34.5 Å². The summed E-state index contributed by atoms with van der Waals surface area (Å²) >= 11 is 0. The Morgan fingerprint density at radius 3 is 2.43 bits per heavy atom.